The molecule has 0 spiro atoms. The fraction of sp³-hybridized carbons (Fsp3) is 0.500. The smallest absolute Gasteiger partial charge is 0.227 e. The molecule has 0 heterocycles. The number of aliphatic hydroxyl groups is 1. The van der Waals surface area contributed by atoms with Crippen molar-refractivity contribution in [3.63, 3.8) is 0 Å². The van der Waals surface area contributed by atoms with Crippen LogP contribution in [0, 0.1) is 47.3 Å². The molecule has 2 bridgehead atoms. The van der Waals surface area contributed by atoms with E-state index in [1.807, 2.05) is 55.5 Å². The summed E-state index contributed by atoms with van der Waals surface area (Å²) in [6, 6.07) is 16.6. The zero-order valence-corrected chi connectivity index (χ0v) is 18.3. The van der Waals surface area contributed by atoms with Gasteiger partial charge in [-0.15, -0.1) is 0 Å². The lowest BCUT2D eigenvalue weighted by Crippen LogP contribution is -2.59. The molecule has 0 aliphatic heterocycles. The van der Waals surface area contributed by atoms with Crippen molar-refractivity contribution in [2.75, 3.05) is 6.54 Å². The maximum atomic E-state index is 13.1. The molecular weight excluding hydrogens is 398 g/mol. The Morgan fingerprint density at radius 3 is 2.47 bits per heavy atom. The van der Waals surface area contributed by atoms with Gasteiger partial charge >= 0.3 is 0 Å². The number of ketones is 1. The predicted molar refractivity (Wildman–Crippen MR) is 120 cm³/mol. The van der Waals surface area contributed by atoms with Gasteiger partial charge in [0.15, 0.2) is 5.78 Å². The molecule has 2 aromatic rings. The Kier molecular flexibility index (Phi) is 3.76. The highest BCUT2D eigenvalue weighted by molar-refractivity contribution is 6.09. The Bertz CT molecular complexity index is 1120. The molecule has 4 heteroatoms. The molecule has 7 rings (SSSR count). The highest BCUT2D eigenvalue weighted by atomic mass is 16.3. The number of amides is 1. The standard InChI is InChI=1S/C28H29NO3/c1-14(16-8-5-9-17(10-16)26(30)15-6-3-2-4-7-15)27(31)29-13-28(32)24-19-12-20-22-18(19)11-21(24)23(22)25(20)28/h2-10,14,18-25,32H,11-13H2,1H3,(H,29,31). The van der Waals surface area contributed by atoms with Crippen molar-refractivity contribution in [3.05, 3.63) is 71.3 Å². The van der Waals surface area contributed by atoms with Gasteiger partial charge in [-0.05, 0) is 78.7 Å². The van der Waals surface area contributed by atoms with E-state index in [1.165, 1.54) is 12.8 Å². The zero-order chi connectivity index (χ0) is 21.8. The second kappa shape index (κ2) is 6.32. The Morgan fingerprint density at radius 1 is 0.938 bits per heavy atom. The van der Waals surface area contributed by atoms with Crippen LogP contribution in [-0.2, 0) is 4.79 Å². The van der Waals surface area contributed by atoms with Gasteiger partial charge in [-0.3, -0.25) is 9.59 Å². The molecule has 32 heavy (non-hydrogen) atoms. The van der Waals surface area contributed by atoms with Crippen molar-refractivity contribution in [1.82, 2.24) is 5.32 Å². The van der Waals surface area contributed by atoms with Gasteiger partial charge in [0, 0.05) is 17.7 Å². The molecule has 10 unspecified atom stereocenters. The third-order valence-electron chi connectivity index (χ3n) is 10.1. The van der Waals surface area contributed by atoms with E-state index in [9.17, 15) is 14.7 Å². The lowest BCUT2D eigenvalue weighted by atomic mass is 9.56. The zero-order valence-electron chi connectivity index (χ0n) is 18.3. The molecule has 2 N–H and O–H groups in total. The van der Waals surface area contributed by atoms with E-state index in [0.29, 0.717) is 47.3 Å². The number of fused-ring (bicyclic) bond motifs is 2. The van der Waals surface area contributed by atoms with Crippen LogP contribution in [0.3, 0.4) is 0 Å². The molecule has 4 nitrogen and oxygen atoms in total. The fourth-order valence-electron chi connectivity index (χ4n) is 9.20. The summed E-state index contributed by atoms with van der Waals surface area (Å²) < 4.78 is 0. The van der Waals surface area contributed by atoms with Crippen molar-refractivity contribution in [2.24, 2.45) is 47.3 Å². The van der Waals surface area contributed by atoms with Crippen molar-refractivity contribution >= 4 is 11.7 Å². The van der Waals surface area contributed by atoms with Crippen LogP contribution >= 0.6 is 0 Å². The number of benzene rings is 2. The quantitative estimate of drug-likeness (QED) is 0.692. The lowest BCUT2D eigenvalue weighted by molar-refractivity contribution is -0.138. The number of nitrogens with one attached hydrogen (secondary N) is 1. The fourth-order valence-corrected chi connectivity index (χ4v) is 9.20. The summed E-state index contributed by atoms with van der Waals surface area (Å²) in [5.41, 5.74) is 1.37. The van der Waals surface area contributed by atoms with Gasteiger partial charge in [-0.2, -0.15) is 0 Å². The van der Waals surface area contributed by atoms with Gasteiger partial charge in [0.2, 0.25) is 5.91 Å². The van der Waals surface area contributed by atoms with E-state index in [2.05, 4.69) is 5.32 Å². The maximum absolute atomic E-state index is 13.1. The number of rotatable bonds is 6. The monoisotopic (exact) mass is 427 g/mol. The molecule has 0 aromatic heterocycles. The van der Waals surface area contributed by atoms with Crippen LogP contribution in [0.4, 0.5) is 0 Å². The summed E-state index contributed by atoms with van der Waals surface area (Å²) in [6.07, 6.45) is 2.65. The van der Waals surface area contributed by atoms with Crippen LogP contribution in [0.1, 0.15) is 47.2 Å². The number of carbonyl (C=O) groups is 2. The molecule has 10 atom stereocenters. The van der Waals surface area contributed by atoms with Gasteiger partial charge < -0.3 is 10.4 Å². The summed E-state index contributed by atoms with van der Waals surface area (Å²) in [5, 5.41) is 14.9. The van der Waals surface area contributed by atoms with Crippen molar-refractivity contribution in [2.45, 2.75) is 31.3 Å². The first-order valence-corrected chi connectivity index (χ1v) is 12.2. The average Bonchev–Trinajstić information content (AvgIpc) is 3.36. The van der Waals surface area contributed by atoms with Gasteiger partial charge in [-0.25, -0.2) is 0 Å². The minimum Gasteiger partial charge on any atom is -0.387 e. The molecule has 5 aliphatic rings. The van der Waals surface area contributed by atoms with Crippen LogP contribution in [0.25, 0.3) is 0 Å². The second-order valence-electron chi connectivity index (χ2n) is 11.1. The van der Waals surface area contributed by atoms with Gasteiger partial charge in [-0.1, -0.05) is 48.5 Å². The van der Waals surface area contributed by atoms with Crippen molar-refractivity contribution in [3.8, 4) is 0 Å². The molecule has 1 amide bonds. The minimum atomic E-state index is -0.703. The minimum absolute atomic E-state index is 0.0367. The average molecular weight is 428 g/mol. The van der Waals surface area contributed by atoms with E-state index in [0.717, 1.165) is 23.3 Å². The Morgan fingerprint density at radius 2 is 1.66 bits per heavy atom. The van der Waals surface area contributed by atoms with E-state index < -0.39 is 5.60 Å². The summed E-state index contributed by atoms with van der Waals surface area (Å²) in [5.74, 6) is 4.93. The van der Waals surface area contributed by atoms with Crippen LogP contribution in [0.5, 0.6) is 0 Å². The molecule has 164 valence electrons. The maximum Gasteiger partial charge on any atom is 0.227 e. The molecule has 5 aliphatic carbocycles. The molecule has 5 fully saturated rings. The van der Waals surface area contributed by atoms with Gasteiger partial charge in [0.25, 0.3) is 0 Å². The first-order chi connectivity index (χ1) is 15.5. The third kappa shape index (κ3) is 2.22. The molecule has 0 radical (unpaired) electrons. The SMILES string of the molecule is CC(C(=O)NCC1(O)C2C3CC4C5C3CC2C5C41)c1cccc(C(=O)c2ccccc2)c1. The molecule has 2 aromatic carbocycles. The predicted octanol–water partition coefficient (Wildman–Crippen LogP) is 3.65. The van der Waals surface area contributed by atoms with Crippen LogP contribution in [0.2, 0.25) is 0 Å². The first-order valence-electron chi connectivity index (χ1n) is 12.2. The normalized spacial score (nSPS) is 42.2. The third-order valence-corrected chi connectivity index (χ3v) is 10.1. The summed E-state index contributed by atoms with van der Waals surface area (Å²) in [6.45, 7) is 2.26. The van der Waals surface area contributed by atoms with Gasteiger partial charge in [0.1, 0.15) is 0 Å². The Labute approximate surface area is 188 Å². The first kappa shape index (κ1) is 19.0. The van der Waals surface area contributed by atoms with Crippen LogP contribution < -0.4 is 5.32 Å². The van der Waals surface area contributed by atoms with E-state index >= 15 is 0 Å². The van der Waals surface area contributed by atoms with Gasteiger partial charge in [0.05, 0.1) is 11.5 Å². The van der Waals surface area contributed by atoms with E-state index in [1.54, 1.807) is 6.07 Å². The van der Waals surface area contributed by atoms with E-state index in [-0.39, 0.29) is 17.6 Å². The number of carbonyl (C=O) groups excluding carboxylic acids is 2. The van der Waals surface area contributed by atoms with Crippen molar-refractivity contribution < 1.29 is 14.7 Å². The van der Waals surface area contributed by atoms with E-state index in [4.69, 9.17) is 0 Å². The van der Waals surface area contributed by atoms with Crippen LogP contribution in [0.15, 0.2) is 54.6 Å². The van der Waals surface area contributed by atoms with Crippen LogP contribution in [-0.4, -0.2) is 28.9 Å². The summed E-state index contributed by atoms with van der Waals surface area (Å²) in [4.78, 5) is 25.9. The summed E-state index contributed by atoms with van der Waals surface area (Å²) in [7, 11) is 0. The highest BCUT2D eigenvalue weighted by Crippen LogP contribution is 2.85. The molecule has 5 saturated carbocycles. The molecular formula is C28H29NO3. The van der Waals surface area contributed by atoms with Crippen molar-refractivity contribution in [1.29, 1.82) is 0 Å². The largest absolute Gasteiger partial charge is 0.387 e. The number of hydrogen-bond acceptors (Lipinski definition) is 3. The lowest BCUT2D eigenvalue weighted by Gasteiger charge is -2.51. The molecule has 0 saturated heterocycles. The summed E-state index contributed by atoms with van der Waals surface area (Å²) >= 11 is 0. The second-order valence-corrected chi connectivity index (χ2v) is 11.1. The topological polar surface area (TPSA) is 66.4 Å². The Balaban J connectivity index is 1.07. The number of hydrogen-bond donors (Lipinski definition) is 2. The highest BCUT2D eigenvalue weighted by Gasteiger charge is 2.84. The Hall–Kier alpha value is -2.46.